The number of carbonyl (C=O) groups is 1. The maximum atomic E-state index is 11.6. The first-order valence-corrected chi connectivity index (χ1v) is 5.22. The minimum Gasteiger partial charge on any atom is -0.508 e. The fraction of sp³-hybridized carbons (Fsp3) is 0.455. The highest BCUT2D eigenvalue weighted by atomic mass is 16.4. The molecule has 0 aromatic carbocycles. The summed E-state index contributed by atoms with van der Waals surface area (Å²) in [4.78, 5) is 22.7. The van der Waals surface area contributed by atoms with Gasteiger partial charge in [0.1, 0.15) is 11.8 Å². The smallest absolute Gasteiger partial charge is 0.326 e. The lowest BCUT2D eigenvalue weighted by atomic mass is 9.99. The van der Waals surface area contributed by atoms with Gasteiger partial charge in [0.2, 0.25) is 0 Å². The Morgan fingerprint density at radius 1 is 1.56 bits per heavy atom. The zero-order valence-electron chi connectivity index (χ0n) is 8.88. The van der Waals surface area contributed by atoms with Crippen LogP contribution in [0.2, 0.25) is 0 Å². The van der Waals surface area contributed by atoms with Crippen molar-refractivity contribution < 1.29 is 15.0 Å². The highest BCUT2D eigenvalue weighted by Crippen LogP contribution is 2.37. The molecular weight excluding hydrogens is 210 g/mol. The minimum atomic E-state index is -0.995. The van der Waals surface area contributed by atoms with Crippen molar-refractivity contribution in [3.8, 4) is 5.75 Å². The summed E-state index contributed by atoms with van der Waals surface area (Å²) in [7, 11) is 0. The van der Waals surface area contributed by atoms with Crippen molar-refractivity contribution in [1.82, 2.24) is 4.57 Å². The van der Waals surface area contributed by atoms with Gasteiger partial charge in [0.25, 0.3) is 5.56 Å². The van der Waals surface area contributed by atoms with Crippen LogP contribution in [-0.2, 0) is 4.79 Å². The van der Waals surface area contributed by atoms with E-state index in [1.54, 1.807) is 0 Å². The van der Waals surface area contributed by atoms with Crippen LogP contribution in [-0.4, -0.2) is 20.7 Å². The van der Waals surface area contributed by atoms with Gasteiger partial charge in [-0.2, -0.15) is 0 Å². The Balaban J connectivity index is 2.62. The summed E-state index contributed by atoms with van der Waals surface area (Å²) in [6.07, 6.45) is 1.18. The third-order valence-corrected chi connectivity index (χ3v) is 3.10. The summed E-state index contributed by atoms with van der Waals surface area (Å²) in [5.41, 5.74) is 0.179. The number of carboxylic acid groups (broad SMARTS) is 1. The molecule has 86 valence electrons. The van der Waals surface area contributed by atoms with Crippen LogP contribution in [0.4, 0.5) is 0 Å². The highest BCUT2D eigenvalue weighted by molar-refractivity contribution is 5.73. The van der Waals surface area contributed by atoms with E-state index in [9.17, 15) is 14.7 Å². The number of rotatable bonds is 2. The molecule has 1 unspecified atom stereocenters. The van der Waals surface area contributed by atoms with E-state index in [2.05, 4.69) is 0 Å². The van der Waals surface area contributed by atoms with E-state index >= 15 is 0 Å². The zero-order valence-corrected chi connectivity index (χ0v) is 8.88. The number of nitrogens with zero attached hydrogens (tertiary/aromatic N) is 1. The minimum absolute atomic E-state index is 0.0286. The van der Waals surface area contributed by atoms with Gasteiger partial charge >= 0.3 is 5.97 Å². The van der Waals surface area contributed by atoms with Crippen molar-refractivity contribution in [2.45, 2.75) is 31.7 Å². The summed E-state index contributed by atoms with van der Waals surface area (Å²) in [5.74, 6) is -1.06. The second kappa shape index (κ2) is 3.66. The van der Waals surface area contributed by atoms with Gasteiger partial charge in [-0.1, -0.05) is 6.92 Å². The van der Waals surface area contributed by atoms with Crippen LogP contribution in [0.3, 0.4) is 0 Å². The van der Waals surface area contributed by atoms with Crippen molar-refractivity contribution >= 4 is 5.97 Å². The topological polar surface area (TPSA) is 79.5 Å². The summed E-state index contributed by atoms with van der Waals surface area (Å²) >= 11 is 0. The number of carboxylic acids is 1. The number of hydrogen-bond donors (Lipinski definition) is 2. The molecule has 1 aromatic heterocycles. The Morgan fingerprint density at radius 3 is 2.81 bits per heavy atom. The number of aliphatic carboxylic acids is 1. The average molecular weight is 223 g/mol. The summed E-state index contributed by atoms with van der Waals surface area (Å²) in [6, 6.07) is 1.74. The molecule has 16 heavy (non-hydrogen) atoms. The average Bonchev–Trinajstić information content (AvgIpc) is 2.56. The Hall–Kier alpha value is -1.78. The molecule has 0 fully saturated rings. The van der Waals surface area contributed by atoms with Crippen LogP contribution >= 0.6 is 0 Å². The molecule has 5 heteroatoms. The maximum absolute atomic E-state index is 11.6. The highest BCUT2D eigenvalue weighted by Gasteiger charge is 2.35. The fourth-order valence-electron chi connectivity index (χ4n) is 2.32. The number of pyridine rings is 1. The molecule has 1 aliphatic heterocycles. The standard InChI is InChI=1S/C11H13NO4/c1-2-6-3-9(11(15)16)12-8(6)4-7(13)5-10(12)14/h4-6,9,13H,2-3H2,1H3,(H,15,16)/t6?,9-/m0/s1. The van der Waals surface area contributed by atoms with E-state index in [1.807, 2.05) is 6.92 Å². The number of aromatic nitrogens is 1. The van der Waals surface area contributed by atoms with Gasteiger partial charge in [0.05, 0.1) is 0 Å². The van der Waals surface area contributed by atoms with Gasteiger partial charge < -0.3 is 10.2 Å². The first-order valence-electron chi connectivity index (χ1n) is 5.22. The number of fused-ring (bicyclic) bond motifs is 1. The van der Waals surface area contributed by atoms with Gasteiger partial charge in [-0.25, -0.2) is 4.79 Å². The molecule has 2 heterocycles. The normalized spacial score (nSPS) is 23.1. The molecular formula is C11H13NO4. The number of aromatic hydroxyl groups is 1. The number of hydrogen-bond acceptors (Lipinski definition) is 3. The molecule has 0 spiro atoms. The summed E-state index contributed by atoms with van der Waals surface area (Å²) in [6.45, 7) is 1.94. The lowest BCUT2D eigenvalue weighted by Gasteiger charge is -2.09. The molecule has 0 saturated heterocycles. The predicted octanol–water partition coefficient (Wildman–Crippen LogP) is 1.08. The van der Waals surface area contributed by atoms with Gasteiger partial charge in [-0.05, 0) is 18.9 Å². The van der Waals surface area contributed by atoms with Crippen LogP contribution < -0.4 is 5.56 Å². The second-order valence-electron chi connectivity index (χ2n) is 4.04. The van der Waals surface area contributed by atoms with E-state index in [4.69, 9.17) is 5.11 Å². The van der Waals surface area contributed by atoms with Crippen LogP contribution in [0.5, 0.6) is 5.75 Å². The molecule has 0 radical (unpaired) electrons. The molecule has 2 N–H and O–H groups in total. The van der Waals surface area contributed by atoms with E-state index in [1.165, 1.54) is 10.6 Å². The van der Waals surface area contributed by atoms with Gasteiger partial charge in [0, 0.05) is 17.7 Å². The molecule has 0 aliphatic carbocycles. The van der Waals surface area contributed by atoms with Crippen molar-refractivity contribution in [2.75, 3.05) is 0 Å². The van der Waals surface area contributed by atoms with Gasteiger partial charge in [-0.15, -0.1) is 0 Å². The summed E-state index contributed by atoms with van der Waals surface area (Å²) in [5, 5.41) is 18.4. The van der Waals surface area contributed by atoms with Gasteiger partial charge in [0.15, 0.2) is 0 Å². The Kier molecular flexibility index (Phi) is 2.46. The van der Waals surface area contributed by atoms with Crippen LogP contribution in [0.15, 0.2) is 16.9 Å². The Bertz CT molecular complexity index is 491. The Labute approximate surface area is 92.0 Å². The largest absolute Gasteiger partial charge is 0.508 e. The monoisotopic (exact) mass is 223 g/mol. The Morgan fingerprint density at radius 2 is 2.25 bits per heavy atom. The van der Waals surface area contributed by atoms with E-state index in [-0.39, 0.29) is 11.7 Å². The quantitative estimate of drug-likeness (QED) is 0.786. The lowest BCUT2D eigenvalue weighted by Crippen LogP contribution is -2.26. The first kappa shape index (κ1) is 10.7. The summed E-state index contributed by atoms with van der Waals surface area (Å²) < 4.78 is 1.27. The molecule has 2 rings (SSSR count). The molecule has 1 aromatic rings. The van der Waals surface area contributed by atoms with Crippen molar-refractivity contribution in [1.29, 1.82) is 0 Å². The molecule has 1 aliphatic rings. The van der Waals surface area contributed by atoms with Crippen molar-refractivity contribution in [2.24, 2.45) is 0 Å². The molecule has 0 bridgehead atoms. The van der Waals surface area contributed by atoms with Crippen LogP contribution in [0, 0.1) is 0 Å². The maximum Gasteiger partial charge on any atom is 0.326 e. The third-order valence-electron chi connectivity index (χ3n) is 3.10. The first-order chi connectivity index (χ1) is 7.54. The van der Waals surface area contributed by atoms with E-state index in [0.29, 0.717) is 12.1 Å². The molecule has 0 amide bonds. The van der Waals surface area contributed by atoms with Crippen LogP contribution in [0.25, 0.3) is 0 Å². The zero-order chi connectivity index (χ0) is 11.9. The predicted molar refractivity (Wildman–Crippen MR) is 56.7 cm³/mol. The second-order valence-corrected chi connectivity index (χ2v) is 4.04. The fourth-order valence-corrected chi connectivity index (χ4v) is 2.32. The SMILES string of the molecule is CCC1C[C@@H](C(=O)O)n2c1cc(O)cc2=O. The van der Waals surface area contributed by atoms with E-state index in [0.717, 1.165) is 12.5 Å². The lowest BCUT2D eigenvalue weighted by molar-refractivity contribution is -0.140. The van der Waals surface area contributed by atoms with Crippen molar-refractivity contribution in [3.05, 3.63) is 28.2 Å². The third kappa shape index (κ3) is 1.48. The molecule has 2 atom stereocenters. The molecule has 0 saturated carbocycles. The van der Waals surface area contributed by atoms with Crippen LogP contribution in [0.1, 0.15) is 37.4 Å². The van der Waals surface area contributed by atoms with E-state index < -0.39 is 17.6 Å². The van der Waals surface area contributed by atoms with Crippen molar-refractivity contribution in [3.63, 3.8) is 0 Å². The van der Waals surface area contributed by atoms with Gasteiger partial charge in [-0.3, -0.25) is 9.36 Å². The molecule has 5 nitrogen and oxygen atoms in total.